The van der Waals surface area contributed by atoms with E-state index < -0.39 is 54.5 Å². The summed E-state index contributed by atoms with van der Waals surface area (Å²) in [7, 11) is 0. The molecule has 4 rings (SSSR count). The number of nitrogens with one attached hydrogen (secondary N) is 5. The molecule has 0 spiro atoms. The number of carboxylic acid groups (broad SMARTS) is 1. The van der Waals surface area contributed by atoms with Gasteiger partial charge in [-0.3, -0.25) is 14.4 Å². The summed E-state index contributed by atoms with van der Waals surface area (Å²) in [5.41, 5.74) is 8.63. The Morgan fingerprint density at radius 2 is 1.51 bits per heavy atom. The predicted octanol–water partition coefficient (Wildman–Crippen LogP) is -0.517. The lowest BCUT2D eigenvalue weighted by Gasteiger charge is -2.24. The molecule has 4 aromatic rings. The van der Waals surface area contributed by atoms with Crippen molar-refractivity contribution >= 4 is 34.6 Å². The Morgan fingerprint density at radius 3 is 2.19 bits per heavy atom. The van der Waals surface area contributed by atoms with Crippen LogP contribution in [0.4, 0.5) is 0 Å². The van der Waals surface area contributed by atoms with Gasteiger partial charge in [-0.1, -0.05) is 30.3 Å². The number of imidazole rings is 1. The van der Waals surface area contributed by atoms with Crippen LogP contribution >= 0.6 is 0 Å². The molecule has 0 radical (unpaired) electrons. The SMILES string of the molecule is NC(Cc1ccc(O)cc1)C(=O)NC(CO)C(=O)NC(Cc1c[nH]c2ccccc12)C(=O)NC(Cc1cnc[nH]1)C(=O)O. The van der Waals surface area contributed by atoms with Gasteiger partial charge in [0.15, 0.2) is 0 Å². The third-order valence-corrected chi connectivity index (χ3v) is 6.87. The number of aromatic amines is 2. The minimum absolute atomic E-state index is 0.0234. The van der Waals surface area contributed by atoms with E-state index in [9.17, 15) is 34.5 Å². The number of H-pyrrole nitrogens is 2. The minimum Gasteiger partial charge on any atom is -0.508 e. The van der Waals surface area contributed by atoms with Gasteiger partial charge in [0.1, 0.15) is 23.9 Å². The molecule has 0 aliphatic rings. The third-order valence-electron chi connectivity index (χ3n) is 6.87. The predicted molar refractivity (Wildman–Crippen MR) is 155 cm³/mol. The van der Waals surface area contributed by atoms with E-state index in [0.717, 1.165) is 10.9 Å². The van der Waals surface area contributed by atoms with Crippen molar-refractivity contribution in [1.29, 1.82) is 0 Å². The third kappa shape index (κ3) is 8.18. The molecule has 4 atom stereocenters. The molecule has 3 amide bonds. The molecule has 2 aromatic carbocycles. The average molecular weight is 592 g/mol. The number of phenolic OH excluding ortho intramolecular Hbond substituents is 1. The van der Waals surface area contributed by atoms with Gasteiger partial charge in [-0.05, 0) is 35.7 Å². The van der Waals surface area contributed by atoms with Gasteiger partial charge < -0.3 is 47.0 Å². The molecule has 0 saturated heterocycles. The van der Waals surface area contributed by atoms with Gasteiger partial charge >= 0.3 is 5.97 Å². The number of nitrogens with zero attached hydrogens (tertiary/aromatic N) is 1. The molecule has 0 saturated carbocycles. The molecule has 0 fully saturated rings. The second-order valence-corrected chi connectivity index (χ2v) is 10.0. The zero-order valence-electron chi connectivity index (χ0n) is 23.0. The summed E-state index contributed by atoms with van der Waals surface area (Å²) in [6.45, 7) is -0.789. The van der Waals surface area contributed by atoms with Crippen LogP contribution < -0.4 is 21.7 Å². The van der Waals surface area contributed by atoms with Crippen molar-refractivity contribution in [2.75, 3.05) is 6.61 Å². The van der Waals surface area contributed by atoms with Crippen molar-refractivity contribution < 1.29 is 34.5 Å². The molecule has 4 unspecified atom stereocenters. The number of aromatic hydroxyl groups is 1. The van der Waals surface area contributed by atoms with Crippen LogP contribution in [0.2, 0.25) is 0 Å². The lowest BCUT2D eigenvalue weighted by atomic mass is 10.0. The first kappa shape index (κ1) is 30.7. The normalized spacial score (nSPS) is 13.9. The molecule has 14 nitrogen and oxygen atoms in total. The van der Waals surface area contributed by atoms with Crippen molar-refractivity contribution in [1.82, 2.24) is 30.9 Å². The number of para-hydroxylation sites is 1. The maximum absolute atomic E-state index is 13.4. The molecule has 2 aromatic heterocycles. The summed E-state index contributed by atoms with van der Waals surface area (Å²) >= 11 is 0. The summed E-state index contributed by atoms with van der Waals surface area (Å²) in [6, 6.07) is 8.31. The van der Waals surface area contributed by atoms with Crippen molar-refractivity contribution in [2.45, 2.75) is 43.4 Å². The Kier molecular flexibility index (Phi) is 10.1. The van der Waals surface area contributed by atoms with Gasteiger partial charge in [0.05, 0.1) is 19.0 Å². The number of phenols is 1. The molecule has 0 bridgehead atoms. The fourth-order valence-corrected chi connectivity index (χ4v) is 4.54. The molecular weight excluding hydrogens is 558 g/mol. The Hall–Kier alpha value is -5.21. The first-order valence-electron chi connectivity index (χ1n) is 13.4. The fourth-order valence-electron chi connectivity index (χ4n) is 4.54. The fraction of sp³-hybridized carbons (Fsp3) is 0.276. The van der Waals surface area contributed by atoms with Gasteiger partial charge in [0.25, 0.3) is 0 Å². The molecule has 43 heavy (non-hydrogen) atoms. The van der Waals surface area contributed by atoms with E-state index in [1.807, 2.05) is 24.3 Å². The number of hydrogen-bond acceptors (Lipinski definition) is 8. The first-order valence-corrected chi connectivity index (χ1v) is 13.4. The van der Waals surface area contributed by atoms with Gasteiger partial charge in [0.2, 0.25) is 17.7 Å². The molecule has 10 N–H and O–H groups in total. The summed E-state index contributed by atoms with van der Waals surface area (Å²) in [6.07, 6.45) is 4.51. The van der Waals surface area contributed by atoms with Crippen molar-refractivity contribution in [2.24, 2.45) is 5.73 Å². The smallest absolute Gasteiger partial charge is 0.326 e. The average Bonchev–Trinajstić information content (AvgIpc) is 3.66. The molecule has 0 aliphatic carbocycles. The number of aliphatic carboxylic acids is 1. The number of carboxylic acids is 1. The first-order chi connectivity index (χ1) is 20.6. The maximum atomic E-state index is 13.4. The second kappa shape index (κ2) is 14.1. The van der Waals surface area contributed by atoms with E-state index in [4.69, 9.17) is 5.73 Å². The topological polar surface area (TPSA) is 236 Å². The number of amides is 3. The number of carbonyl (C=O) groups is 4. The Morgan fingerprint density at radius 1 is 0.837 bits per heavy atom. The molecular formula is C29H33N7O7. The van der Waals surface area contributed by atoms with Gasteiger partial charge in [-0.25, -0.2) is 9.78 Å². The maximum Gasteiger partial charge on any atom is 0.326 e. The van der Waals surface area contributed by atoms with E-state index >= 15 is 0 Å². The van der Waals surface area contributed by atoms with Gasteiger partial charge in [-0.15, -0.1) is 0 Å². The van der Waals surface area contributed by atoms with Crippen molar-refractivity contribution in [3.8, 4) is 5.75 Å². The number of rotatable bonds is 14. The van der Waals surface area contributed by atoms with Crippen LogP contribution in [-0.2, 0) is 38.4 Å². The number of aliphatic hydroxyl groups is 1. The van der Waals surface area contributed by atoms with E-state index in [2.05, 4.69) is 30.9 Å². The van der Waals surface area contributed by atoms with E-state index in [1.54, 1.807) is 18.3 Å². The van der Waals surface area contributed by atoms with Crippen LogP contribution in [0.15, 0.2) is 67.3 Å². The van der Waals surface area contributed by atoms with Crippen molar-refractivity contribution in [3.63, 3.8) is 0 Å². The van der Waals surface area contributed by atoms with Crippen molar-refractivity contribution in [3.05, 3.63) is 84.1 Å². The molecule has 14 heteroatoms. The van der Waals surface area contributed by atoms with Gasteiger partial charge in [0, 0.05) is 41.8 Å². The van der Waals surface area contributed by atoms with Crippen LogP contribution in [0, 0.1) is 0 Å². The van der Waals surface area contributed by atoms with Gasteiger partial charge in [-0.2, -0.15) is 0 Å². The highest BCUT2D eigenvalue weighted by atomic mass is 16.4. The number of carbonyl (C=O) groups excluding carboxylic acids is 3. The Bertz CT molecular complexity index is 1550. The van der Waals surface area contributed by atoms with E-state index in [0.29, 0.717) is 16.8 Å². The molecule has 2 heterocycles. The lowest BCUT2D eigenvalue weighted by molar-refractivity contribution is -0.142. The van der Waals surface area contributed by atoms with E-state index in [1.165, 1.54) is 24.7 Å². The van der Waals surface area contributed by atoms with Crippen LogP contribution in [0.1, 0.15) is 16.8 Å². The number of aliphatic hydroxyl groups excluding tert-OH is 1. The highest BCUT2D eigenvalue weighted by molar-refractivity contribution is 5.95. The van der Waals surface area contributed by atoms with Crippen LogP contribution in [0.25, 0.3) is 10.9 Å². The standard InChI is InChI=1S/C29H33N7O7/c30-21(9-16-5-7-19(38)8-6-16)26(39)36-25(14-37)28(41)34-23(10-17-12-32-22-4-2-1-3-20(17)22)27(40)35-24(29(42)43)11-18-13-31-15-33-18/h1-8,12-13,15,21,23-25,32,37-38H,9-11,14,30H2,(H,31,33)(H,34,41)(H,35,40)(H,36,39)(H,42,43). The molecule has 226 valence electrons. The number of benzene rings is 2. The summed E-state index contributed by atoms with van der Waals surface area (Å²) in [5, 5.41) is 37.3. The number of fused-ring (bicyclic) bond motifs is 1. The largest absolute Gasteiger partial charge is 0.508 e. The highest BCUT2D eigenvalue weighted by Gasteiger charge is 2.31. The summed E-state index contributed by atoms with van der Waals surface area (Å²) in [5.74, 6) is -3.60. The zero-order chi connectivity index (χ0) is 30.9. The number of hydrogen-bond donors (Lipinski definition) is 9. The summed E-state index contributed by atoms with van der Waals surface area (Å²) < 4.78 is 0. The number of nitrogens with two attached hydrogens (primary N) is 1. The van der Waals surface area contributed by atoms with Crippen LogP contribution in [-0.4, -0.2) is 84.7 Å². The van der Waals surface area contributed by atoms with Crippen LogP contribution in [0.3, 0.4) is 0 Å². The minimum atomic E-state index is -1.45. The highest BCUT2D eigenvalue weighted by Crippen LogP contribution is 2.19. The Labute approximate surface area is 245 Å². The zero-order valence-corrected chi connectivity index (χ0v) is 23.0. The number of aromatic nitrogens is 3. The summed E-state index contributed by atoms with van der Waals surface area (Å²) in [4.78, 5) is 61.1. The quantitative estimate of drug-likeness (QED) is 0.0916. The Balaban J connectivity index is 1.49. The molecule has 0 aliphatic heterocycles. The second-order valence-electron chi connectivity index (χ2n) is 10.0. The van der Waals surface area contributed by atoms with E-state index in [-0.39, 0.29) is 25.0 Å². The monoisotopic (exact) mass is 591 g/mol. The van der Waals surface area contributed by atoms with Crippen LogP contribution in [0.5, 0.6) is 5.75 Å². The lowest BCUT2D eigenvalue weighted by Crippen LogP contribution is -2.58.